The monoisotopic (exact) mass is 276 g/mol. The van der Waals surface area contributed by atoms with Crippen LogP contribution in [0.25, 0.3) is 0 Å². The maximum Gasteiger partial charge on any atom is 0.326 e. The largest absolute Gasteiger partial charge is 0.480 e. The first-order chi connectivity index (χ1) is 9.49. The molecular weight excluding hydrogens is 256 g/mol. The number of nitrogens with one attached hydrogen (secondary N) is 1. The molecule has 0 fully saturated rings. The second kappa shape index (κ2) is 7.33. The molecule has 2 N–H and O–H groups in total. The molecule has 2 amide bonds. The molecule has 1 aromatic carbocycles. The number of carboxylic acids is 1. The van der Waals surface area contributed by atoms with Crippen molar-refractivity contribution in [3.05, 3.63) is 42.5 Å². The first kappa shape index (κ1) is 15.8. The number of aliphatic carboxylic acids is 1. The van der Waals surface area contributed by atoms with Crippen LogP contribution in [0.15, 0.2) is 36.9 Å². The van der Waals surface area contributed by atoms with Crippen LogP contribution in [-0.4, -0.2) is 30.2 Å². The topological polar surface area (TPSA) is 69.6 Å². The summed E-state index contributed by atoms with van der Waals surface area (Å²) < 4.78 is 0. The highest BCUT2D eigenvalue weighted by Gasteiger charge is 2.20. The SMILES string of the molecule is C=CCC(NC(=O)N(C)c1ccc(CC)cc1)C(=O)O. The van der Waals surface area contributed by atoms with Gasteiger partial charge in [0.1, 0.15) is 6.04 Å². The van der Waals surface area contributed by atoms with Gasteiger partial charge in [0.15, 0.2) is 0 Å². The van der Waals surface area contributed by atoms with E-state index >= 15 is 0 Å². The highest BCUT2D eigenvalue weighted by molar-refractivity contribution is 5.94. The van der Waals surface area contributed by atoms with Gasteiger partial charge >= 0.3 is 12.0 Å². The van der Waals surface area contributed by atoms with E-state index in [9.17, 15) is 9.59 Å². The number of carbonyl (C=O) groups excluding carboxylic acids is 1. The van der Waals surface area contributed by atoms with E-state index in [2.05, 4.69) is 18.8 Å². The number of carboxylic acid groups (broad SMARTS) is 1. The Labute approximate surface area is 118 Å². The van der Waals surface area contributed by atoms with Crippen LogP contribution in [-0.2, 0) is 11.2 Å². The smallest absolute Gasteiger partial charge is 0.326 e. The fraction of sp³-hybridized carbons (Fsp3) is 0.333. The molecule has 0 aliphatic rings. The number of nitrogens with zero attached hydrogens (tertiary/aromatic N) is 1. The Balaban J connectivity index is 2.74. The molecule has 20 heavy (non-hydrogen) atoms. The lowest BCUT2D eigenvalue weighted by Gasteiger charge is -2.21. The number of benzene rings is 1. The van der Waals surface area contributed by atoms with Crippen molar-refractivity contribution < 1.29 is 14.7 Å². The molecule has 1 aromatic rings. The van der Waals surface area contributed by atoms with Crippen molar-refractivity contribution in [1.82, 2.24) is 5.32 Å². The zero-order valence-corrected chi connectivity index (χ0v) is 11.8. The lowest BCUT2D eigenvalue weighted by Crippen LogP contribution is -2.46. The Bertz CT molecular complexity index is 482. The molecular formula is C15H20N2O3. The van der Waals surface area contributed by atoms with Crippen LogP contribution < -0.4 is 10.2 Å². The predicted octanol–water partition coefficient (Wildman–Crippen LogP) is 2.42. The van der Waals surface area contributed by atoms with Crippen molar-refractivity contribution in [3.8, 4) is 0 Å². The number of urea groups is 1. The van der Waals surface area contributed by atoms with E-state index in [1.54, 1.807) is 7.05 Å². The van der Waals surface area contributed by atoms with Gasteiger partial charge in [0, 0.05) is 12.7 Å². The molecule has 0 aromatic heterocycles. The van der Waals surface area contributed by atoms with Gasteiger partial charge in [0.25, 0.3) is 0 Å². The number of amides is 2. The van der Waals surface area contributed by atoms with Crippen molar-refractivity contribution >= 4 is 17.7 Å². The molecule has 0 radical (unpaired) electrons. The van der Waals surface area contributed by atoms with E-state index in [-0.39, 0.29) is 6.42 Å². The minimum Gasteiger partial charge on any atom is -0.480 e. The minimum atomic E-state index is -1.08. The molecule has 0 bridgehead atoms. The third kappa shape index (κ3) is 4.12. The Hall–Kier alpha value is -2.30. The van der Waals surface area contributed by atoms with Crippen LogP contribution in [0.4, 0.5) is 10.5 Å². The van der Waals surface area contributed by atoms with Gasteiger partial charge in [-0.05, 0) is 30.5 Å². The van der Waals surface area contributed by atoms with E-state index in [0.717, 1.165) is 6.42 Å². The molecule has 1 unspecified atom stereocenters. The van der Waals surface area contributed by atoms with Gasteiger partial charge in [-0.15, -0.1) is 6.58 Å². The molecule has 5 nitrogen and oxygen atoms in total. The third-order valence-corrected chi connectivity index (χ3v) is 3.03. The lowest BCUT2D eigenvalue weighted by molar-refractivity contribution is -0.139. The summed E-state index contributed by atoms with van der Waals surface area (Å²) >= 11 is 0. The van der Waals surface area contributed by atoms with Gasteiger partial charge in [0.05, 0.1) is 0 Å². The molecule has 1 atom stereocenters. The maximum atomic E-state index is 12.0. The molecule has 0 saturated heterocycles. The van der Waals surface area contributed by atoms with E-state index < -0.39 is 18.0 Å². The number of aryl methyl sites for hydroxylation is 1. The molecule has 0 spiro atoms. The van der Waals surface area contributed by atoms with Gasteiger partial charge in [-0.3, -0.25) is 4.90 Å². The minimum absolute atomic E-state index is 0.184. The van der Waals surface area contributed by atoms with E-state index in [0.29, 0.717) is 5.69 Å². The van der Waals surface area contributed by atoms with Crippen molar-refractivity contribution in [3.63, 3.8) is 0 Å². The summed E-state index contributed by atoms with van der Waals surface area (Å²) in [5.41, 5.74) is 1.89. The highest BCUT2D eigenvalue weighted by Crippen LogP contribution is 2.14. The Kier molecular flexibility index (Phi) is 5.77. The van der Waals surface area contributed by atoms with Crippen LogP contribution in [0, 0.1) is 0 Å². The van der Waals surface area contributed by atoms with Gasteiger partial charge < -0.3 is 10.4 Å². The predicted molar refractivity (Wildman–Crippen MR) is 79.0 cm³/mol. The van der Waals surface area contributed by atoms with Crippen molar-refractivity contribution in [2.75, 3.05) is 11.9 Å². The zero-order chi connectivity index (χ0) is 15.1. The number of hydrogen-bond donors (Lipinski definition) is 2. The Morgan fingerprint density at radius 1 is 1.40 bits per heavy atom. The second-order valence-electron chi connectivity index (χ2n) is 4.44. The van der Waals surface area contributed by atoms with E-state index in [1.807, 2.05) is 24.3 Å². The quantitative estimate of drug-likeness (QED) is 0.784. The summed E-state index contributed by atoms with van der Waals surface area (Å²) in [6, 6.07) is 6.14. The summed E-state index contributed by atoms with van der Waals surface area (Å²) in [5, 5.41) is 11.5. The molecule has 0 saturated carbocycles. The molecule has 0 aliphatic carbocycles. The van der Waals surface area contributed by atoms with Crippen LogP contribution in [0.1, 0.15) is 18.9 Å². The van der Waals surface area contributed by atoms with Crippen molar-refractivity contribution in [2.45, 2.75) is 25.8 Å². The Morgan fingerprint density at radius 3 is 2.45 bits per heavy atom. The summed E-state index contributed by atoms with van der Waals surface area (Å²) in [4.78, 5) is 24.4. The van der Waals surface area contributed by atoms with Crippen LogP contribution in [0.2, 0.25) is 0 Å². The zero-order valence-electron chi connectivity index (χ0n) is 11.8. The second-order valence-corrected chi connectivity index (χ2v) is 4.44. The molecule has 5 heteroatoms. The fourth-order valence-electron chi connectivity index (χ4n) is 1.71. The summed E-state index contributed by atoms with van der Waals surface area (Å²) in [6.45, 7) is 5.54. The van der Waals surface area contributed by atoms with Gasteiger partial charge in [-0.1, -0.05) is 25.1 Å². The van der Waals surface area contributed by atoms with Gasteiger partial charge in [0.2, 0.25) is 0 Å². The standard InChI is InChI=1S/C15H20N2O3/c1-4-6-13(14(18)19)16-15(20)17(3)12-9-7-11(5-2)8-10-12/h4,7-10,13H,1,5-6H2,2-3H3,(H,16,20)(H,18,19). The summed E-state index contributed by atoms with van der Waals surface area (Å²) in [5.74, 6) is -1.08. The molecule has 0 heterocycles. The summed E-state index contributed by atoms with van der Waals surface area (Å²) in [6.07, 6.45) is 2.58. The van der Waals surface area contributed by atoms with Crippen LogP contribution in [0.3, 0.4) is 0 Å². The van der Waals surface area contributed by atoms with Gasteiger partial charge in [-0.25, -0.2) is 9.59 Å². The highest BCUT2D eigenvalue weighted by atomic mass is 16.4. The van der Waals surface area contributed by atoms with E-state index in [4.69, 9.17) is 5.11 Å². The molecule has 1 rings (SSSR count). The average Bonchev–Trinajstić information content (AvgIpc) is 2.45. The normalized spacial score (nSPS) is 11.5. The average molecular weight is 276 g/mol. The molecule has 108 valence electrons. The first-order valence-corrected chi connectivity index (χ1v) is 6.46. The number of carbonyl (C=O) groups is 2. The lowest BCUT2D eigenvalue weighted by atomic mass is 10.1. The van der Waals surface area contributed by atoms with Crippen molar-refractivity contribution in [1.29, 1.82) is 0 Å². The first-order valence-electron chi connectivity index (χ1n) is 6.46. The fourth-order valence-corrected chi connectivity index (χ4v) is 1.71. The summed E-state index contributed by atoms with van der Waals surface area (Å²) in [7, 11) is 1.60. The number of anilines is 1. The Morgan fingerprint density at radius 2 is 2.00 bits per heavy atom. The van der Waals surface area contributed by atoms with Crippen molar-refractivity contribution in [2.24, 2.45) is 0 Å². The van der Waals surface area contributed by atoms with Crippen LogP contribution in [0.5, 0.6) is 0 Å². The number of rotatable bonds is 6. The maximum absolute atomic E-state index is 12.0. The number of hydrogen-bond acceptors (Lipinski definition) is 2. The van der Waals surface area contributed by atoms with Gasteiger partial charge in [-0.2, -0.15) is 0 Å². The van der Waals surface area contributed by atoms with E-state index in [1.165, 1.54) is 16.5 Å². The van der Waals surface area contributed by atoms with Crippen LogP contribution >= 0.6 is 0 Å². The third-order valence-electron chi connectivity index (χ3n) is 3.03. The molecule has 0 aliphatic heterocycles.